The molecule has 0 bridgehead atoms. The molecule has 1 amide bonds. The van der Waals surface area contributed by atoms with Gasteiger partial charge < -0.3 is 9.84 Å². The Morgan fingerprint density at radius 1 is 1.41 bits per heavy atom. The molecule has 0 saturated carbocycles. The molecule has 7 nitrogen and oxygen atoms in total. The van der Waals surface area contributed by atoms with Crippen molar-refractivity contribution in [1.82, 2.24) is 25.7 Å². The first-order valence-corrected chi connectivity index (χ1v) is 5.79. The van der Waals surface area contributed by atoms with Gasteiger partial charge in [0.25, 0.3) is 5.91 Å². The lowest BCUT2D eigenvalue weighted by Gasteiger charge is -2.07. The first-order chi connectivity index (χ1) is 8.06. The number of aromatic nitrogens is 4. The molecule has 2 heterocycles. The third kappa shape index (κ3) is 2.64. The van der Waals surface area contributed by atoms with Gasteiger partial charge in [0.05, 0.1) is 6.04 Å². The number of hydrogen-bond donors (Lipinski definition) is 1. The molecule has 0 aliphatic carbocycles. The van der Waals surface area contributed by atoms with Gasteiger partial charge in [-0.3, -0.25) is 4.79 Å². The highest BCUT2D eigenvalue weighted by atomic mass is 32.1. The van der Waals surface area contributed by atoms with Gasteiger partial charge in [0.15, 0.2) is 5.82 Å². The maximum absolute atomic E-state index is 11.8. The normalized spacial score (nSPS) is 12.4. The van der Waals surface area contributed by atoms with E-state index in [4.69, 9.17) is 4.52 Å². The van der Waals surface area contributed by atoms with Crippen LogP contribution in [0.4, 0.5) is 0 Å². The van der Waals surface area contributed by atoms with Crippen LogP contribution in [0.5, 0.6) is 0 Å². The van der Waals surface area contributed by atoms with Crippen molar-refractivity contribution in [1.29, 1.82) is 0 Å². The van der Waals surface area contributed by atoms with Gasteiger partial charge in [-0.1, -0.05) is 16.5 Å². The van der Waals surface area contributed by atoms with E-state index in [0.717, 1.165) is 5.01 Å². The maximum Gasteiger partial charge on any atom is 0.282 e. The molecule has 1 atom stereocenters. The molecule has 0 aliphatic rings. The Hall–Kier alpha value is -1.83. The highest BCUT2D eigenvalue weighted by Crippen LogP contribution is 2.11. The largest absolute Gasteiger partial charge is 0.340 e. The summed E-state index contributed by atoms with van der Waals surface area (Å²) in [4.78, 5) is 15.8. The first-order valence-electron chi connectivity index (χ1n) is 4.97. The van der Waals surface area contributed by atoms with Crippen molar-refractivity contribution in [3.8, 4) is 0 Å². The summed E-state index contributed by atoms with van der Waals surface area (Å²) >= 11 is 1.24. The van der Waals surface area contributed by atoms with Crippen LogP contribution in [0, 0.1) is 13.8 Å². The smallest absolute Gasteiger partial charge is 0.282 e. The highest BCUT2D eigenvalue weighted by molar-refractivity contribution is 7.13. The number of carbonyl (C=O) groups excluding carboxylic acids is 1. The molecule has 2 rings (SSSR count). The Morgan fingerprint density at radius 2 is 2.18 bits per heavy atom. The molecule has 2 aromatic heterocycles. The Balaban J connectivity index is 2.04. The molecular formula is C9H11N5O2S. The molecule has 0 spiro atoms. The zero-order valence-electron chi connectivity index (χ0n) is 9.59. The van der Waals surface area contributed by atoms with Crippen molar-refractivity contribution in [3.63, 3.8) is 0 Å². The Bertz CT molecular complexity index is 535. The minimum absolute atomic E-state index is 0.287. The quantitative estimate of drug-likeness (QED) is 0.878. The average Bonchev–Trinajstić information content (AvgIpc) is 2.87. The Morgan fingerprint density at radius 3 is 2.71 bits per heavy atom. The second-order valence-corrected chi connectivity index (χ2v) is 4.67. The van der Waals surface area contributed by atoms with Crippen LogP contribution in [0.25, 0.3) is 0 Å². The van der Waals surface area contributed by atoms with E-state index in [1.54, 1.807) is 20.8 Å². The molecule has 17 heavy (non-hydrogen) atoms. The summed E-state index contributed by atoms with van der Waals surface area (Å²) in [6.45, 7) is 5.26. The molecule has 8 heteroatoms. The van der Waals surface area contributed by atoms with Gasteiger partial charge in [-0.2, -0.15) is 4.98 Å². The molecule has 2 aromatic rings. The standard InChI is InChI=1S/C9H11N5O2S/c1-4(7-11-5(2)16-14-7)10-8(15)9-13-12-6(3)17-9/h4H,1-3H3,(H,10,15). The maximum atomic E-state index is 11.8. The summed E-state index contributed by atoms with van der Waals surface area (Å²) in [6.07, 6.45) is 0. The van der Waals surface area contributed by atoms with Crippen molar-refractivity contribution in [2.75, 3.05) is 0 Å². The van der Waals surface area contributed by atoms with E-state index in [1.165, 1.54) is 11.3 Å². The SMILES string of the molecule is Cc1nc(C(C)NC(=O)c2nnc(C)s2)no1. The third-order valence-electron chi connectivity index (χ3n) is 2.00. The Kier molecular flexibility index (Phi) is 3.14. The third-order valence-corrected chi connectivity index (χ3v) is 2.84. The lowest BCUT2D eigenvalue weighted by atomic mass is 10.3. The number of rotatable bonds is 3. The zero-order chi connectivity index (χ0) is 12.4. The van der Waals surface area contributed by atoms with Gasteiger partial charge in [0.1, 0.15) is 5.01 Å². The number of nitrogens with one attached hydrogen (secondary N) is 1. The number of nitrogens with zero attached hydrogens (tertiary/aromatic N) is 4. The summed E-state index contributed by atoms with van der Waals surface area (Å²) in [5.74, 6) is 0.621. The summed E-state index contributed by atoms with van der Waals surface area (Å²) in [6, 6.07) is -0.329. The number of amides is 1. The molecule has 90 valence electrons. The topological polar surface area (TPSA) is 93.8 Å². The van der Waals surface area contributed by atoms with Crippen LogP contribution in [-0.4, -0.2) is 26.2 Å². The van der Waals surface area contributed by atoms with Crippen molar-refractivity contribution < 1.29 is 9.32 Å². The zero-order valence-corrected chi connectivity index (χ0v) is 10.4. The van der Waals surface area contributed by atoms with Crippen molar-refractivity contribution in [2.45, 2.75) is 26.8 Å². The van der Waals surface area contributed by atoms with E-state index in [1.807, 2.05) is 0 Å². The minimum atomic E-state index is -0.329. The van der Waals surface area contributed by atoms with Crippen LogP contribution in [0.3, 0.4) is 0 Å². The van der Waals surface area contributed by atoms with E-state index in [0.29, 0.717) is 16.7 Å². The number of hydrogen-bond acceptors (Lipinski definition) is 7. The predicted molar refractivity (Wildman–Crippen MR) is 59.6 cm³/mol. The molecule has 1 unspecified atom stereocenters. The van der Waals surface area contributed by atoms with Crippen LogP contribution >= 0.6 is 11.3 Å². The lowest BCUT2D eigenvalue weighted by molar-refractivity contribution is 0.0936. The van der Waals surface area contributed by atoms with E-state index in [2.05, 4.69) is 25.7 Å². The van der Waals surface area contributed by atoms with Crippen LogP contribution in [0.1, 0.15) is 39.5 Å². The van der Waals surface area contributed by atoms with Crippen LogP contribution in [0.15, 0.2) is 4.52 Å². The van der Waals surface area contributed by atoms with E-state index >= 15 is 0 Å². The molecule has 0 saturated heterocycles. The number of carbonyl (C=O) groups is 1. The molecule has 0 fully saturated rings. The fourth-order valence-electron chi connectivity index (χ4n) is 1.20. The fourth-order valence-corrected chi connectivity index (χ4v) is 1.80. The summed E-state index contributed by atoms with van der Waals surface area (Å²) in [7, 11) is 0. The molecule has 1 N–H and O–H groups in total. The van der Waals surface area contributed by atoms with Gasteiger partial charge in [-0.15, -0.1) is 10.2 Å². The van der Waals surface area contributed by atoms with Crippen LogP contribution < -0.4 is 5.32 Å². The van der Waals surface area contributed by atoms with Crippen molar-refractivity contribution >= 4 is 17.2 Å². The predicted octanol–water partition coefficient (Wildman–Crippen LogP) is 1.03. The fraction of sp³-hybridized carbons (Fsp3) is 0.444. The van der Waals surface area contributed by atoms with Gasteiger partial charge in [-0.05, 0) is 13.8 Å². The molecule has 0 aliphatic heterocycles. The summed E-state index contributed by atoms with van der Waals surface area (Å²) < 4.78 is 4.84. The van der Waals surface area contributed by atoms with Crippen LogP contribution in [0.2, 0.25) is 0 Å². The second-order valence-electron chi connectivity index (χ2n) is 3.49. The highest BCUT2D eigenvalue weighted by Gasteiger charge is 2.18. The molecular weight excluding hydrogens is 242 g/mol. The molecule has 0 radical (unpaired) electrons. The Labute approximate surface area is 101 Å². The van der Waals surface area contributed by atoms with E-state index in [-0.39, 0.29) is 11.9 Å². The second kappa shape index (κ2) is 4.58. The average molecular weight is 253 g/mol. The molecule has 0 aromatic carbocycles. The van der Waals surface area contributed by atoms with Gasteiger partial charge >= 0.3 is 0 Å². The number of aryl methyl sites for hydroxylation is 2. The van der Waals surface area contributed by atoms with Crippen molar-refractivity contribution in [3.05, 3.63) is 21.7 Å². The minimum Gasteiger partial charge on any atom is -0.340 e. The van der Waals surface area contributed by atoms with E-state index in [9.17, 15) is 4.79 Å². The summed E-state index contributed by atoms with van der Waals surface area (Å²) in [5.41, 5.74) is 0. The summed E-state index contributed by atoms with van der Waals surface area (Å²) in [5, 5.41) is 15.1. The van der Waals surface area contributed by atoms with Gasteiger partial charge in [0, 0.05) is 6.92 Å². The first kappa shape index (κ1) is 11.6. The van der Waals surface area contributed by atoms with Gasteiger partial charge in [0.2, 0.25) is 10.9 Å². The van der Waals surface area contributed by atoms with Crippen LogP contribution in [-0.2, 0) is 0 Å². The lowest BCUT2D eigenvalue weighted by Crippen LogP contribution is -2.27. The van der Waals surface area contributed by atoms with Crippen molar-refractivity contribution in [2.24, 2.45) is 0 Å². The van der Waals surface area contributed by atoms with Gasteiger partial charge in [-0.25, -0.2) is 0 Å². The van der Waals surface area contributed by atoms with E-state index < -0.39 is 0 Å². The monoisotopic (exact) mass is 253 g/mol.